The summed E-state index contributed by atoms with van der Waals surface area (Å²) in [5, 5.41) is 18.9. The highest BCUT2D eigenvalue weighted by Crippen LogP contribution is 2.31. The summed E-state index contributed by atoms with van der Waals surface area (Å²) in [4.78, 5) is 10.9. The lowest BCUT2D eigenvalue weighted by Gasteiger charge is -2.34. The highest BCUT2D eigenvalue weighted by Gasteiger charge is 2.40. The smallest absolute Gasteiger partial charge is 0.311 e. The van der Waals surface area contributed by atoms with Crippen molar-refractivity contribution in [1.82, 2.24) is 0 Å². The first kappa shape index (κ1) is 11.5. The molecule has 14 heavy (non-hydrogen) atoms. The Labute approximate surface area is 83.9 Å². The second-order valence-electron chi connectivity index (χ2n) is 4.42. The van der Waals surface area contributed by atoms with Crippen LogP contribution in [0.2, 0.25) is 0 Å². The number of hydrogen-bond donors (Lipinski definition) is 2. The van der Waals surface area contributed by atoms with E-state index in [0.717, 1.165) is 12.8 Å². The second kappa shape index (κ2) is 4.28. The third-order valence-electron chi connectivity index (χ3n) is 3.00. The number of aliphatic hydroxyl groups is 1. The Kier molecular flexibility index (Phi) is 3.50. The van der Waals surface area contributed by atoms with Gasteiger partial charge in [0.15, 0.2) is 0 Å². The normalized spacial score (nSPS) is 21.9. The highest BCUT2D eigenvalue weighted by molar-refractivity contribution is 5.74. The van der Waals surface area contributed by atoms with Crippen LogP contribution < -0.4 is 0 Å². The van der Waals surface area contributed by atoms with Gasteiger partial charge in [-0.1, -0.05) is 0 Å². The van der Waals surface area contributed by atoms with Crippen LogP contribution in [0, 0.1) is 11.3 Å². The van der Waals surface area contributed by atoms with Gasteiger partial charge in [0.1, 0.15) is 0 Å². The van der Waals surface area contributed by atoms with Crippen LogP contribution in [-0.4, -0.2) is 35.5 Å². The zero-order valence-corrected chi connectivity index (χ0v) is 8.69. The molecule has 0 spiro atoms. The first-order chi connectivity index (χ1) is 6.46. The molecule has 1 aliphatic heterocycles. The number of hydrogen-bond acceptors (Lipinski definition) is 3. The molecule has 4 nitrogen and oxygen atoms in total. The molecule has 1 aliphatic rings. The van der Waals surface area contributed by atoms with Crippen LogP contribution in [0.5, 0.6) is 0 Å². The summed E-state index contributed by atoms with van der Waals surface area (Å²) in [6.07, 6.45) is 0.708. The van der Waals surface area contributed by atoms with Gasteiger partial charge in [-0.25, -0.2) is 0 Å². The SMILES string of the molecule is CC(C)(C(=O)O)C(O)C1CCOCC1. The lowest BCUT2D eigenvalue weighted by atomic mass is 9.77. The van der Waals surface area contributed by atoms with Gasteiger partial charge >= 0.3 is 5.97 Å². The minimum Gasteiger partial charge on any atom is -0.481 e. The first-order valence-corrected chi connectivity index (χ1v) is 4.95. The van der Waals surface area contributed by atoms with E-state index in [2.05, 4.69) is 0 Å². The molecule has 2 N–H and O–H groups in total. The lowest BCUT2D eigenvalue weighted by molar-refractivity contribution is -0.157. The maximum Gasteiger partial charge on any atom is 0.311 e. The van der Waals surface area contributed by atoms with Gasteiger partial charge in [0, 0.05) is 13.2 Å². The van der Waals surface area contributed by atoms with Crippen LogP contribution >= 0.6 is 0 Å². The summed E-state index contributed by atoms with van der Waals surface area (Å²) in [5.74, 6) is -0.897. The molecule has 0 aromatic carbocycles. The Bertz CT molecular complexity index is 206. The number of carbonyl (C=O) groups is 1. The Morgan fingerprint density at radius 2 is 1.93 bits per heavy atom. The second-order valence-corrected chi connectivity index (χ2v) is 4.42. The zero-order valence-electron chi connectivity index (χ0n) is 8.69. The summed E-state index contributed by atoms with van der Waals surface area (Å²) in [6.45, 7) is 4.37. The van der Waals surface area contributed by atoms with Crippen molar-refractivity contribution in [2.45, 2.75) is 32.8 Å². The molecule has 82 valence electrons. The predicted octanol–water partition coefficient (Wildman–Crippen LogP) is 0.885. The van der Waals surface area contributed by atoms with Gasteiger partial charge in [-0.15, -0.1) is 0 Å². The van der Waals surface area contributed by atoms with Crippen molar-refractivity contribution in [1.29, 1.82) is 0 Å². The molecule has 1 fully saturated rings. The van der Waals surface area contributed by atoms with E-state index in [4.69, 9.17) is 9.84 Å². The average Bonchev–Trinajstić information content (AvgIpc) is 2.17. The number of aliphatic carboxylic acids is 1. The van der Waals surface area contributed by atoms with Crippen LogP contribution in [0.3, 0.4) is 0 Å². The van der Waals surface area contributed by atoms with Crippen LogP contribution in [0.25, 0.3) is 0 Å². The molecular weight excluding hydrogens is 184 g/mol. The molecule has 0 aromatic rings. The predicted molar refractivity (Wildman–Crippen MR) is 51.0 cm³/mol. The van der Waals surface area contributed by atoms with Crippen molar-refractivity contribution >= 4 is 5.97 Å². The van der Waals surface area contributed by atoms with Crippen LogP contribution in [0.15, 0.2) is 0 Å². The Balaban J connectivity index is 2.62. The third-order valence-corrected chi connectivity index (χ3v) is 3.00. The average molecular weight is 202 g/mol. The third kappa shape index (κ3) is 2.25. The molecule has 4 heteroatoms. The lowest BCUT2D eigenvalue weighted by Crippen LogP contribution is -2.43. The fourth-order valence-electron chi connectivity index (χ4n) is 1.75. The van der Waals surface area contributed by atoms with Crippen molar-refractivity contribution in [3.63, 3.8) is 0 Å². The minimum absolute atomic E-state index is 0.0508. The van der Waals surface area contributed by atoms with Gasteiger partial charge in [-0.05, 0) is 32.6 Å². The fourth-order valence-corrected chi connectivity index (χ4v) is 1.75. The standard InChI is InChI=1S/C10H18O4/c1-10(2,9(12)13)8(11)7-3-5-14-6-4-7/h7-8,11H,3-6H2,1-2H3,(H,12,13). The van der Waals surface area contributed by atoms with Crippen molar-refractivity contribution < 1.29 is 19.7 Å². The summed E-state index contributed by atoms with van der Waals surface area (Å²) in [5.41, 5.74) is -1.07. The van der Waals surface area contributed by atoms with Gasteiger partial charge in [0.25, 0.3) is 0 Å². The van der Waals surface area contributed by atoms with E-state index >= 15 is 0 Å². The Hall–Kier alpha value is -0.610. The minimum atomic E-state index is -1.07. The van der Waals surface area contributed by atoms with E-state index < -0.39 is 17.5 Å². The van der Waals surface area contributed by atoms with Gasteiger partial charge in [0.2, 0.25) is 0 Å². The van der Waals surface area contributed by atoms with Crippen LogP contribution in [0.1, 0.15) is 26.7 Å². The molecule has 0 amide bonds. The molecule has 1 rings (SSSR count). The van der Waals surface area contributed by atoms with Crippen LogP contribution in [-0.2, 0) is 9.53 Å². The topological polar surface area (TPSA) is 66.8 Å². The van der Waals surface area contributed by atoms with Crippen molar-refractivity contribution in [2.24, 2.45) is 11.3 Å². The maximum atomic E-state index is 10.9. The molecule has 1 atom stereocenters. The van der Waals surface area contributed by atoms with E-state index in [9.17, 15) is 9.90 Å². The van der Waals surface area contributed by atoms with E-state index in [-0.39, 0.29) is 5.92 Å². The van der Waals surface area contributed by atoms with E-state index in [1.165, 1.54) is 0 Å². The zero-order chi connectivity index (χ0) is 10.8. The number of rotatable bonds is 3. The Morgan fingerprint density at radius 3 is 2.36 bits per heavy atom. The number of carboxylic acid groups (broad SMARTS) is 1. The van der Waals surface area contributed by atoms with Crippen molar-refractivity contribution in [2.75, 3.05) is 13.2 Å². The quantitative estimate of drug-likeness (QED) is 0.713. The molecule has 1 unspecified atom stereocenters. The first-order valence-electron chi connectivity index (χ1n) is 4.95. The largest absolute Gasteiger partial charge is 0.481 e. The molecule has 0 bridgehead atoms. The van der Waals surface area contributed by atoms with E-state index in [1.807, 2.05) is 0 Å². The fraction of sp³-hybridized carbons (Fsp3) is 0.900. The Morgan fingerprint density at radius 1 is 1.43 bits per heavy atom. The van der Waals surface area contributed by atoms with Gasteiger partial charge in [-0.3, -0.25) is 4.79 Å². The summed E-state index contributed by atoms with van der Waals surface area (Å²) in [6, 6.07) is 0. The number of ether oxygens (including phenoxy) is 1. The molecule has 1 heterocycles. The van der Waals surface area contributed by atoms with E-state index in [0.29, 0.717) is 13.2 Å². The molecule has 0 saturated carbocycles. The monoisotopic (exact) mass is 202 g/mol. The maximum absolute atomic E-state index is 10.9. The molecule has 0 aromatic heterocycles. The van der Waals surface area contributed by atoms with Crippen LogP contribution in [0.4, 0.5) is 0 Å². The summed E-state index contributed by atoms with van der Waals surface area (Å²) >= 11 is 0. The van der Waals surface area contributed by atoms with Crippen molar-refractivity contribution in [3.8, 4) is 0 Å². The van der Waals surface area contributed by atoms with E-state index in [1.54, 1.807) is 13.8 Å². The highest BCUT2D eigenvalue weighted by atomic mass is 16.5. The molecule has 0 radical (unpaired) electrons. The number of carboxylic acids is 1. The van der Waals surface area contributed by atoms with Gasteiger partial charge in [0.05, 0.1) is 11.5 Å². The molecule has 1 saturated heterocycles. The summed E-state index contributed by atoms with van der Waals surface area (Å²) in [7, 11) is 0. The molecular formula is C10H18O4. The van der Waals surface area contributed by atoms with Gasteiger partial charge in [-0.2, -0.15) is 0 Å². The van der Waals surface area contributed by atoms with Gasteiger partial charge < -0.3 is 14.9 Å². The summed E-state index contributed by atoms with van der Waals surface area (Å²) < 4.78 is 5.16. The number of aliphatic hydroxyl groups excluding tert-OH is 1. The van der Waals surface area contributed by atoms with Crippen molar-refractivity contribution in [3.05, 3.63) is 0 Å². The molecule has 0 aliphatic carbocycles.